The monoisotopic (exact) mass is 418 g/mol. The van der Waals surface area contributed by atoms with Crippen molar-refractivity contribution in [2.75, 3.05) is 11.1 Å². The largest absolute Gasteiger partial charge is 0.489 e. The molecule has 0 aliphatic carbocycles. The first kappa shape index (κ1) is 21.3. The number of nitriles is 1. The molecule has 5 nitrogen and oxygen atoms in total. The second-order valence-electron chi connectivity index (χ2n) is 6.55. The van der Waals surface area contributed by atoms with Crippen LogP contribution in [0, 0.1) is 11.3 Å². The number of hydrogen-bond donors (Lipinski definition) is 1. The van der Waals surface area contributed by atoms with Crippen LogP contribution in [0.1, 0.15) is 28.4 Å². The first-order valence-electron chi connectivity index (χ1n) is 9.57. The summed E-state index contributed by atoms with van der Waals surface area (Å²) < 4.78 is 18.0. The lowest BCUT2D eigenvalue weighted by atomic mass is 10.1. The van der Waals surface area contributed by atoms with Crippen LogP contribution in [0.3, 0.4) is 0 Å². The predicted octanol–water partition coefficient (Wildman–Crippen LogP) is 4.71. The van der Waals surface area contributed by atoms with Crippen LogP contribution in [0.4, 0.5) is 5.69 Å². The molecule has 0 aromatic heterocycles. The lowest BCUT2D eigenvalue weighted by Crippen LogP contribution is -2.15. The van der Waals surface area contributed by atoms with Gasteiger partial charge in [-0.2, -0.15) is 5.26 Å². The molecule has 1 unspecified atom stereocenters. The number of anilines is 1. The topological polar surface area (TPSA) is 79.2 Å². The average molecular weight is 419 g/mol. The molecule has 1 amide bonds. The number of benzene rings is 3. The number of nitrogens with one attached hydrogen (secondary N) is 1. The maximum atomic E-state index is 12.7. The van der Waals surface area contributed by atoms with Gasteiger partial charge in [-0.3, -0.25) is 9.00 Å². The van der Waals surface area contributed by atoms with E-state index in [4.69, 9.17) is 10.00 Å². The highest BCUT2D eigenvalue weighted by molar-refractivity contribution is 7.85. The molecule has 0 aliphatic rings. The van der Waals surface area contributed by atoms with Crippen molar-refractivity contribution in [2.24, 2.45) is 0 Å². The molecule has 0 heterocycles. The molecular weight excluding hydrogens is 396 g/mol. The average Bonchev–Trinajstić information content (AvgIpc) is 2.78. The van der Waals surface area contributed by atoms with E-state index in [1.54, 1.807) is 30.3 Å². The molecule has 3 aromatic carbocycles. The standard InChI is InChI=1S/C24H22N2O3S/c1-2-30(28)23-9-4-3-8-22(23)24(27)26-20-7-5-6-19(16-20)17-29-21-12-10-18(11-13-21)14-15-25/h3-13,16H,2,14,17H2,1H3,(H,26,27). The van der Waals surface area contributed by atoms with Gasteiger partial charge in [0.25, 0.3) is 5.91 Å². The summed E-state index contributed by atoms with van der Waals surface area (Å²) in [7, 11) is -1.21. The fourth-order valence-corrected chi connectivity index (χ4v) is 3.85. The van der Waals surface area contributed by atoms with Crippen LogP contribution in [0.25, 0.3) is 0 Å². The van der Waals surface area contributed by atoms with Gasteiger partial charge < -0.3 is 10.1 Å². The van der Waals surface area contributed by atoms with Gasteiger partial charge in [0, 0.05) is 11.4 Å². The molecule has 0 saturated heterocycles. The van der Waals surface area contributed by atoms with Crippen molar-refractivity contribution in [1.29, 1.82) is 5.26 Å². The van der Waals surface area contributed by atoms with Crippen LogP contribution in [0.2, 0.25) is 0 Å². The summed E-state index contributed by atoms with van der Waals surface area (Å²) in [6.07, 6.45) is 0.372. The second kappa shape index (κ2) is 10.4. The first-order valence-corrected chi connectivity index (χ1v) is 10.9. The molecule has 3 aromatic rings. The van der Waals surface area contributed by atoms with Crippen LogP contribution < -0.4 is 10.1 Å². The highest BCUT2D eigenvalue weighted by Gasteiger charge is 2.15. The Labute approximate surface area is 178 Å². The maximum absolute atomic E-state index is 12.7. The Hall–Kier alpha value is -3.43. The smallest absolute Gasteiger partial charge is 0.256 e. The molecule has 1 N–H and O–H groups in total. The molecule has 0 spiro atoms. The lowest BCUT2D eigenvalue weighted by Gasteiger charge is -2.11. The zero-order valence-electron chi connectivity index (χ0n) is 16.6. The number of amides is 1. The third-order valence-electron chi connectivity index (χ3n) is 4.44. The van der Waals surface area contributed by atoms with Gasteiger partial charge in [0.1, 0.15) is 12.4 Å². The van der Waals surface area contributed by atoms with E-state index in [1.165, 1.54) is 0 Å². The van der Waals surface area contributed by atoms with Crippen LogP contribution in [-0.2, 0) is 23.8 Å². The van der Waals surface area contributed by atoms with Gasteiger partial charge in [0.15, 0.2) is 0 Å². The van der Waals surface area contributed by atoms with Crippen molar-refractivity contribution in [2.45, 2.75) is 24.8 Å². The Morgan fingerprint density at radius 3 is 2.53 bits per heavy atom. The minimum atomic E-state index is -1.21. The molecule has 0 aliphatic heterocycles. The van der Waals surface area contributed by atoms with Crippen molar-refractivity contribution in [3.63, 3.8) is 0 Å². The molecule has 152 valence electrons. The molecule has 3 rings (SSSR count). The Kier molecular flexibility index (Phi) is 7.36. The van der Waals surface area contributed by atoms with E-state index in [9.17, 15) is 9.00 Å². The van der Waals surface area contributed by atoms with Crippen LogP contribution >= 0.6 is 0 Å². The number of rotatable bonds is 8. The van der Waals surface area contributed by atoms with Gasteiger partial charge in [0.05, 0.1) is 33.7 Å². The summed E-state index contributed by atoms with van der Waals surface area (Å²) in [5, 5.41) is 11.6. The fourth-order valence-electron chi connectivity index (χ4n) is 2.91. The number of hydrogen-bond acceptors (Lipinski definition) is 4. The number of nitrogens with zero attached hydrogens (tertiary/aromatic N) is 1. The number of carbonyl (C=O) groups excluding carboxylic acids is 1. The molecule has 0 bridgehead atoms. The van der Waals surface area contributed by atoms with E-state index in [0.29, 0.717) is 40.7 Å². The molecule has 0 fully saturated rings. The van der Waals surface area contributed by atoms with E-state index in [0.717, 1.165) is 11.1 Å². The Morgan fingerprint density at radius 2 is 1.80 bits per heavy atom. The van der Waals surface area contributed by atoms with Gasteiger partial charge in [-0.1, -0.05) is 43.3 Å². The summed E-state index contributed by atoms with van der Waals surface area (Å²) >= 11 is 0. The summed E-state index contributed by atoms with van der Waals surface area (Å²) in [6.45, 7) is 2.17. The van der Waals surface area contributed by atoms with E-state index in [1.807, 2.05) is 49.4 Å². The van der Waals surface area contributed by atoms with Gasteiger partial charge in [-0.25, -0.2) is 0 Å². The zero-order valence-corrected chi connectivity index (χ0v) is 17.4. The summed E-state index contributed by atoms with van der Waals surface area (Å²) in [5.41, 5.74) is 2.90. The Balaban J connectivity index is 1.66. The first-order chi connectivity index (χ1) is 14.6. The third-order valence-corrected chi connectivity index (χ3v) is 5.81. The number of ether oxygens (including phenoxy) is 1. The molecule has 30 heavy (non-hydrogen) atoms. The van der Waals surface area contributed by atoms with E-state index in [2.05, 4.69) is 11.4 Å². The molecule has 6 heteroatoms. The Bertz CT molecular complexity index is 1090. The molecular formula is C24H22N2O3S. The fraction of sp³-hybridized carbons (Fsp3) is 0.167. The van der Waals surface area contributed by atoms with Crippen molar-refractivity contribution in [1.82, 2.24) is 0 Å². The van der Waals surface area contributed by atoms with Crippen LogP contribution in [0.15, 0.2) is 77.7 Å². The highest BCUT2D eigenvalue weighted by atomic mass is 32.2. The normalized spacial score (nSPS) is 11.3. The summed E-state index contributed by atoms with van der Waals surface area (Å²) in [4.78, 5) is 13.3. The quantitative estimate of drug-likeness (QED) is 0.574. The van der Waals surface area contributed by atoms with Crippen molar-refractivity contribution < 1.29 is 13.7 Å². The maximum Gasteiger partial charge on any atom is 0.256 e. The van der Waals surface area contributed by atoms with Crippen molar-refractivity contribution >= 4 is 22.4 Å². The van der Waals surface area contributed by atoms with E-state index >= 15 is 0 Å². The SMILES string of the molecule is CCS(=O)c1ccccc1C(=O)Nc1cccc(COc2ccc(CC#N)cc2)c1. The second-order valence-corrected chi connectivity index (χ2v) is 8.26. The summed E-state index contributed by atoms with van der Waals surface area (Å²) in [6, 6.07) is 23.9. The minimum absolute atomic E-state index is 0.293. The number of carbonyl (C=O) groups is 1. The predicted molar refractivity (Wildman–Crippen MR) is 118 cm³/mol. The van der Waals surface area contributed by atoms with Gasteiger partial charge in [-0.15, -0.1) is 0 Å². The van der Waals surface area contributed by atoms with Crippen molar-refractivity contribution in [3.8, 4) is 11.8 Å². The van der Waals surface area contributed by atoms with Gasteiger partial charge in [-0.05, 0) is 47.5 Å². The minimum Gasteiger partial charge on any atom is -0.489 e. The molecule has 1 atom stereocenters. The Morgan fingerprint density at radius 1 is 1.03 bits per heavy atom. The van der Waals surface area contributed by atoms with Crippen LogP contribution in [0.5, 0.6) is 5.75 Å². The van der Waals surface area contributed by atoms with Crippen molar-refractivity contribution in [3.05, 3.63) is 89.5 Å². The summed E-state index contributed by atoms with van der Waals surface area (Å²) in [5.74, 6) is 0.870. The van der Waals surface area contributed by atoms with E-state index < -0.39 is 10.8 Å². The highest BCUT2D eigenvalue weighted by Crippen LogP contribution is 2.19. The molecule has 0 radical (unpaired) electrons. The lowest BCUT2D eigenvalue weighted by molar-refractivity contribution is 0.102. The third kappa shape index (κ3) is 5.56. The zero-order chi connectivity index (χ0) is 21.3. The van der Waals surface area contributed by atoms with Gasteiger partial charge >= 0.3 is 0 Å². The molecule has 0 saturated carbocycles. The van der Waals surface area contributed by atoms with E-state index in [-0.39, 0.29) is 5.91 Å². The van der Waals surface area contributed by atoms with Gasteiger partial charge in [0.2, 0.25) is 0 Å². The van der Waals surface area contributed by atoms with Crippen LogP contribution in [-0.4, -0.2) is 15.9 Å².